The van der Waals surface area contributed by atoms with Gasteiger partial charge in [0.1, 0.15) is 0 Å². The number of nitrogens with one attached hydrogen (secondary N) is 1. The highest BCUT2D eigenvalue weighted by atomic mass is 16.2. The summed E-state index contributed by atoms with van der Waals surface area (Å²) in [5.74, 6) is -0.142. The molecule has 0 saturated carbocycles. The van der Waals surface area contributed by atoms with Crippen LogP contribution in [0.2, 0.25) is 0 Å². The smallest absolute Gasteiger partial charge is 0.244 e. The maximum Gasteiger partial charge on any atom is 0.244 e. The van der Waals surface area contributed by atoms with E-state index < -0.39 is 0 Å². The van der Waals surface area contributed by atoms with E-state index in [0.717, 1.165) is 22.0 Å². The molecule has 1 aromatic heterocycles. The number of hydrogen-bond acceptors (Lipinski definition) is 3. The fraction of sp³-hybridized carbons (Fsp3) is 0.105. The van der Waals surface area contributed by atoms with Gasteiger partial charge in [-0.25, -0.2) is 5.43 Å². The topological polar surface area (TPSA) is 54.4 Å². The molecule has 1 amide bonds. The van der Waals surface area contributed by atoms with Gasteiger partial charge < -0.3 is 0 Å². The largest absolute Gasteiger partial charge is 0.273 e. The van der Waals surface area contributed by atoms with Crippen molar-refractivity contribution in [3.05, 3.63) is 78.1 Å². The molecule has 4 nitrogen and oxygen atoms in total. The van der Waals surface area contributed by atoms with E-state index in [-0.39, 0.29) is 5.91 Å². The molecule has 0 aliphatic heterocycles. The van der Waals surface area contributed by atoms with Crippen LogP contribution in [-0.2, 0) is 11.2 Å². The lowest BCUT2D eigenvalue weighted by Gasteiger charge is -2.06. The Morgan fingerprint density at radius 2 is 1.83 bits per heavy atom. The molecular weight excluding hydrogens is 286 g/mol. The molecular formula is C19H17N3O. The number of nitrogens with zero attached hydrogens (tertiary/aromatic N) is 2. The molecule has 3 rings (SSSR count). The molecule has 0 fully saturated rings. The minimum atomic E-state index is -0.142. The van der Waals surface area contributed by atoms with E-state index >= 15 is 0 Å². The molecule has 1 N–H and O–H groups in total. The zero-order chi connectivity index (χ0) is 16.1. The van der Waals surface area contributed by atoms with Gasteiger partial charge in [0.25, 0.3) is 0 Å². The Bertz CT molecular complexity index is 851. The third-order valence-corrected chi connectivity index (χ3v) is 3.61. The fourth-order valence-corrected chi connectivity index (χ4v) is 2.44. The Morgan fingerprint density at radius 1 is 1.04 bits per heavy atom. The third-order valence-electron chi connectivity index (χ3n) is 3.61. The van der Waals surface area contributed by atoms with Crippen molar-refractivity contribution >= 4 is 22.4 Å². The number of carbonyl (C=O) groups is 1. The monoisotopic (exact) mass is 303 g/mol. The Labute approximate surface area is 134 Å². The van der Waals surface area contributed by atoms with E-state index in [1.807, 2.05) is 67.6 Å². The van der Waals surface area contributed by atoms with Crippen molar-refractivity contribution in [3.63, 3.8) is 0 Å². The number of hydrazone groups is 1. The van der Waals surface area contributed by atoms with Crippen LogP contribution in [0.1, 0.15) is 18.2 Å². The first-order chi connectivity index (χ1) is 11.2. The minimum absolute atomic E-state index is 0.142. The van der Waals surface area contributed by atoms with Crippen molar-refractivity contribution in [2.45, 2.75) is 13.3 Å². The third kappa shape index (κ3) is 3.61. The highest BCUT2D eigenvalue weighted by molar-refractivity contribution is 5.97. The molecule has 3 aromatic rings. The normalized spacial score (nSPS) is 11.4. The summed E-state index contributed by atoms with van der Waals surface area (Å²) in [6.07, 6.45) is 1.99. The van der Waals surface area contributed by atoms with Gasteiger partial charge >= 0.3 is 0 Å². The van der Waals surface area contributed by atoms with Gasteiger partial charge in [-0.1, -0.05) is 48.5 Å². The maximum atomic E-state index is 12.2. The molecule has 23 heavy (non-hydrogen) atoms. The van der Waals surface area contributed by atoms with Gasteiger partial charge in [-0.05, 0) is 35.4 Å². The zero-order valence-electron chi connectivity index (χ0n) is 12.9. The van der Waals surface area contributed by atoms with Crippen molar-refractivity contribution in [1.82, 2.24) is 10.4 Å². The van der Waals surface area contributed by atoms with Gasteiger partial charge in [0, 0.05) is 6.20 Å². The molecule has 114 valence electrons. The van der Waals surface area contributed by atoms with Gasteiger partial charge in [-0.2, -0.15) is 5.10 Å². The number of carbonyl (C=O) groups excluding carboxylic acids is 1. The molecule has 0 spiro atoms. The quantitative estimate of drug-likeness (QED) is 0.594. The zero-order valence-corrected chi connectivity index (χ0v) is 12.9. The molecule has 0 saturated heterocycles. The van der Waals surface area contributed by atoms with Crippen LogP contribution in [0.15, 0.2) is 72.0 Å². The lowest BCUT2D eigenvalue weighted by atomic mass is 10.0. The van der Waals surface area contributed by atoms with Crippen molar-refractivity contribution in [1.29, 1.82) is 0 Å². The number of aromatic nitrogens is 1. The second-order valence-electron chi connectivity index (χ2n) is 5.26. The van der Waals surface area contributed by atoms with Crippen molar-refractivity contribution in [3.8, 4) is 0 Å². The van der Waals surface area contributed by atoms with E-state index in [9.17, 15) is 4.79 Å². The Kier molecular flexibility index (Phi) is 4.43. The Hall–Kier alpha value is -3.01. The van der Waals surface area contributed by atoms with E-state index in [2.05, 4.69) is 15.5 Å². The van der Waals surface area contributed by atoms with Crippen molar-refractivity contribution in [2.24, 2.45) is 5.10 Å². The molecule has 0 bridgehead atoms. The van der Waals surface area contributed by atoms with Gasteiger partial charge in [0.15, 0.2) is 0 Å². The van der Waals surface area contributed by atoms with Crippen LogP contribution >= 0.6 is 0 Å². The van der Waals surface area contributed by atoms with Crippen LogP contribution in [0, 0.1) is 0 Å². The lowest BCUT2D eigenvalue weighted by Crippen LogP contribution is -2.21. The second-order valence-corrected chi connectivity index (χ2v) is 5.26. The number of pyridine rings is 1. The maximum absolute atomic E-state index is 12.2. The predicted octanol–water partition coefficient (Wildman–Crippen LogP) is 3.32. The van der Waals surface area contributed by atoms with E-state index in [0.29, 0.717) is 12.1 Å². The van der Waals surface area contributed by atoms with Gasteiger partial charge in [-0.3, -0.25) is 9.78 Å². The van der Waals surface area contributed by atoms with Crippen LogP contribution in [-0.4, -0.2) is 16.6 Å². The highest BCUT2D eigenvalue weighted by Crippen LogP contribution is 2.18. The fourth-order valence-electron chi connectivity index (χ4n) is 2.44. The Morgan fingerprint density at radius 3 is 2.65 bits per heavy atom. The Balaban J connectivity index is 1.72. The number of amides is 1. The van der Waals surface area contributed by atoms with Gasteiger partial charge in [0.05, 0.1) is 17.8 Å². The summed E-state index contributed by atoms with van der Waals surface area (Å²) >= 11 is 0. The summed E-state index contributed by atoms with van der Waals surface area (Å²) < 4.78 is 0. The first-order valence-electron chi connectivity index (χ1n) is 7.45. The predicted molar refractivity (Wildman–Crippen MR) is 92.2 cm³/mol. The summed E-state index contributed by atoms with van der Waals surface area (Å²) in [6.45, 7) is 1.82. The van der Waals surface area contributed by atoms with Crippen molar-refractivity contribution < 1.29 is 4.79 Å². The summed E-state index contributed by atoms with van der Waals surface area (Å²) in [5, 5.41) is 6.35. The average molecular weight is 303 g/mol. The number of fused-ring (bicyclic) bond motifs is 1. The molecule has 0 unspecified atom stereocenters. The number of rotatable bonds is 4. The van der Waals surface area contributed by atoms with E-state index in [4.69, 9.17) is 0 Å². The molecule has 1 heterocycles. The summed E-state index contributed by atoms with van der Waals surface area (Å²) in [5.41, 5.74) is 5.02. The van der Waals surface area contributed by atoms with Crippen LogP contribution in [0.4, 0.5) is 0 Å². The molecule has 0 radical (unpaired) electrons. The molecule has 4 heteroatoms. The molecule has 2 aromatic carbocycles. The first kappa shape index (κ1) is 14.9. The summed E-state index contributed by atoms with van der Waals surface area (Å²) in [6, 6.07) is 19.6. The molecule has 0 atom stereocenters. The van der Waals surface area contributed by atoms with Crippen LogP contribution in [0.5, 0.6) is 0 Å². The van der Waals surface area contributed by atoms with Gasteiger partial charge in [0.2, 0.25) is 5.91 Å². The van der Waals surface area contributed by atoms with Gasteiger partial charge in [-0.15, -0.1) is 0 Å². The number of benzene rings is 2. The first-order valence-corrected chi connectivity index (χ1v) is 7.45. The summed E-state index contributed by atoms with van der Waals surface area (Å²) in [7, 11) is 0. The molecule has 0 aliphatic carbocycles. The standard InChI is InChI=1S/C19H17N3O/c1-14(18-11-4-5-12-20-18)21-22-19(23)13-16-9-6-8-15-7-2-3-10-17(15)16/h2-12H,13H2,1H3,(H,22,23)/b21-14+. The average Bonchev–Trinajstić information content (AvgIpc) is 2.61. The van der Waals surface area contributed by atoms with E-state index in [1.54, 1.807) is 6.20 Å². The van der Waals surface area contributed by atoms with E-state index in [1.165, 1.54) is 0 Å². The highest BCUT2D eigenvalue weighted by Gasteiger charge is 2.06. The van der Waals surface area contributed by atoms with Crippen LogP contribution < -0.4 is 5.43 Å². The SMILES string of the molecule is C/C(=N\NC(=O)Cc1cccc2ccccc12)c1ccccn1. The molecule has 0 aliphatic rings. The van der Waals surface area contributed by atoms with Crippen molar-refractivity contribution in [2.75, 3.05) is 0 Å². The lowest BCUT2D eigenvalue weighted by molar-refractivity contribution is -0.120. The van der Waals surface area contributed by atoms with Crippen LogP contribution in [0.25, 0.3) is 10.8 Å². The number of hydrogen-bond donors (Lipinski definition) is 1. The minimum Gasteiger partial charge on any atom is -0.273 e. The second kappa shape index (κ2) is 6.83. The summed E-state index contributed by atoms with van der Waals surface area (Å²) in [4.78, 5) is 16.4. The van der Waals surface area contributed by atoms with Crippen LogP contribution in [0.3, 0.4) is 0 Å².